The predicted octanol–water partition coefficient (Wildman–Crippen LogP) is 1.90. The van der Waals surface area contributed by atoms with E-state index in [1.165, 1.54) is 12.1 Å². The number of nitrogens with one attached hydrogen (secondary N) is 1. The van der Waals surface area contributed by atoms with E-state index in [1.807, 2.05) is 6.92 Å². The molecule has 1 fully saturated rings. The van der Waals surface area contributed by atoms with Crippen LogP contribution in [0.3, 0.4) is 0 Å². The van der Waals surface area contributed by atoms with Crippen molar-refractivity contribution in [3.05, 3.63) is 29.6 Å². The molecule has 0 aliphatic heterocycles. The normalized spacial score (nSPS) is 18.7. The molecular formula is C13H19FN2O2S. The van der Waals surface area contributed by atoms with Gasteiger partial charge in [-0.2, -0.15) is 0 Å². The molecule has 6 heteroatoms. The number of benzene rings is 1. The molecule has 1 aliphatic carbocycles. The van der Waals surface area contributed by atoms with Crippen molar-refractivity contribution in [3.8, 4) is 0 Å². The zero-order valence-electron chi connectivity index (χ0n) is 10.9. The number of nitrogens with two attached hydrogens (primary N) is 1. The molecule has 0 aromatic heterocycles. The van der Waals surface area contributed by atoms with Crippen LogP contribution in [0.4, 0.5) is 4.39 Å². The van der Waals surface area contributed by atoms with E-state index in [4.69, 9.17) is 5.73 Å². The summed E-state index contributed by atoms with van der Waals surface area (Å²) in [5, 5.41) is 0. The summed E-state index contributed by atoms with van der Waals surface area (Å²) in [5.41, 5.74) is 5.59. The van der Waals surface area contributed by atoms with Crippen molar-refractivity contribution in [3.63, 3.8) is 0 Å². The molecule has 19 heavy (non-hydrogen) atoms. The molecule has 0 saturated heterocycles. The highest BCUT2D eigenvalue weighted by molar-refractivity contribution is 7.89. The molecule has 1 aromatic rings. The largest absolute Gasteiger partial charge is 0.326 e. The Morgan fingerprint density at radius 1 is 1.37 bits per heavy atom. The summed E-state index contributed by atoms with van der Waals surface area (Å²) in [4.78, 5) is -0.316. The minimum atomic E-state index is -3.85. The zero-order valence-corrected chi connectivity index (χ0v) is 11.8. The van der Waals surface area contributed by atoms with Crippen LogP contribution in [0, 0.1) is 5.82 Å². The molecule has 0 atom stereocenters. The second kappa shape index (κ2) is 5.19. The quantitative estimate of drug-likeness (QED) is 0.888. The van der Waals surface area contributed by atoms with Crippen LogP contribution in [0.25, 0.3) is 0 Å². The molecule has 1 aliphatic rings. The van der Waals surface area contributed by atoms with Gasteiger partial charge in [-0.1, -0.05) is 18.9 Å². The molecule has 0 radical (unpaired) electrons. The predicted molar refractivity (Wildman–Crippen MR) is 71.5 cm³/mol. The Morgan fingerprint density at radius 2 is 2.00 bits per heavy atom. The van der Waals surface area contributed by atoms with E-state index in [0.29, 0.717) is 5.56 Å². The van der Waals surface area contributed by atoms with Crippen molar-refractivity contribution in [2.75, 3.05) is 0 Å². The average molecular weight is 286 g/mol. The van der Waals surface area contributed by atoms with E-state index in [9.17, 15) is 12.8 Å². The molecule has 1 aromatic carbocycles. The molecule has 0 unspecified atom stereocenters. The summed E-state index contributed by atoms with van der Waals surface area (Å²) in [7, 11) is -3.85. The second-order valence-electron chi connectivity index (χ2n) is 5.34. The van der Waals surface area contributed by atoms with E-state index >= 15 is 0 Å². The molecular weight excluding hydrogens is 267 g/mol. The first-order valence-corrected chi connectivity index (χ1v) is 7.87. The van der Waals surface area contributed by atoms with Gasteiger partial charge < -0.3 is 5.73 Å². The molecule has 2 rings (SSSR count). The fourth-order valence-electron chi connectivity index (χ4n) is 2.52. The van der Waals surface area contributed by atoms with E-state index < -0.39 is 21.4 Å². The first kappa shape index (κ1) is 14.4. The second-order valence-corrected chi connectivity index (χ2v) is 6.99. The molecule has 106 valence electrons. The third-order valence-corrected chi connectivity index (χ3v) is 5.26. The summed E-state index contributed by atoms with van der Waals surface area (Å²) in [6.45, 7) is 2.04. The molecule has 0 bridgehead atoms. The van der Waals surface area contributed by atoms with E-state index in [2.05, 4.69) is 4.72 Å². The Labute approximate surface area is 113 Å². The maximum absolute atomic E-state index is 13.7. The number of hydrogen-bond acceptors (Lipinski definition) is 3. The van der Waals surface area contributed by atoms with Crippen LogP contribution < -0.4 is 10.5 Å². The van der Waals surface area contributed by atoms with Crippen LogP contribution in [0.1, 0.15) is 38.2 Å². The van der Waals surface area contributed by atoms with Gasteiger partial charge in [0.05, 0.1) is 0 Å². The average Bonchev–Trinajstić information content (AvgIpc) is 2.75. The molecule has 0 heterocycles. The third-order valence-electron chi connectivity index (χ3n) is 3.61. The summed E-state index contributed by atoms with van der Waals surface area (Å²) >= 11 is 0. The lowest BCUT2D eigenvalue weighted by Crippen LogP contribution is -2.43. The lowest BCUT2D eigenvalue weighted by atomic mass is 10.0. The lowest BCUT2D eigenvalue weighted by molar-refractivity contribution is 0.425. The summed E-state index contributed by atoms with van der Waals surface area (Å²) in [6.07, 6.45) is 3.55. The maximum Gasteiger partial charge on any atom is 0.243 e. The molecule has 1 saturated carbocycles. The fourth-order valence-corrected chi connectivity index (χ4v) is 4.11. The Kier molecular flexibility index (Phi) is 3.94. The van der Waals surface area contributed by atoms with Crippen molar-refractivity contribution in [2.24, 2.45) is 5.73 Å². The summed E-state index contributed by atoms with van der Waals surface area (Å²) in [5.74, 6) is -0.744. The van der Waals surface area contributed by atoms with Gasteiger partial charge in [0.15, 0.2) is 0 Å². The standard InChI is InChI=1S/C13H19FN2O2S/c1-13(6-2-3-7-13)16-19(17,18)12-8-10(9-15)4-5-11(12)14/h4-5,8,16H,2-3,6-7,9,15H2,1H3. The number of halogens is 1. The van der Waals surface area contributed by atoms with Crippen molar-refractivity contribution < 1.29 is 12.8 Å². The summed E-state index contributed by atoms with van der Waals surface area (Å²) < 4.78 is 41.0. The first-order valence-electron chi connectivity index (χ1n) is 6.39. The van der Waals surface area contributed by atoms with Gasteiger partial charge in [0.1, 0.15) is 10.7 Å². The molecule has 4 nitrogen and oxygen atoms in total. The molecule has 0 spiro atoms. The van der Waals surface area contributed by atoms with Crippen LogP contribution in [-0.4, -0.2) is 14.0 Å². The van der Waals surface area contributed by atoms with E-state index in [0.717, 1.165) is 31.7 Å². The van der Waals surface area contributed by atoms with Gasteiger partial charge >= 0.3 is 0 Å². The van der Waals surface area contributed by atoms with Crippen LogP contribution >= 0.6 is 0 Å². The van der Waals surface area contributed by atoms with Gasteiger partial charge in [-0.25, -0.2) is 17.5 Å². The monoisotopic (exact) mass is 286 g/mol. The lowest BCUT2D eigenvalue weighted by Gasteiger charge is -2.25. The maximum atomic E-state index is 13.7. The topological polar surface area (TPSA) is 72.2 Å². The minimum absolute atomic E-state index is 0.181. The van der Waals surface area contributed by atoms with Gasteiger partial charge in [-0.05, 0) is 37.5 Å². The van der Waals surface area contributed by atoms with Gasteiger partial charge in [-0.15, -0.1) is 0 Å². The van der Waals surface area contributed by atoms with Gasteiger partial charge in [0.2, 0.25) is 10.0 Å². The van der Waals surface area contributed by atoms with E-state index in [1.54, 1.807) is 0 Å². The summed E-state index contributed by atoms with van der Waals surface area (Å²) in [6, 6.07) is 3.94. The van der Waals surface area contributed by atoms with Crippen LogP contribution in [0.2, 0.25) is 0 Å². The smallest absolute Gasteiger partial charge is 0.243 e. The van der Waals surface area contributed by atoms with Crippen molar-refractivity contribution >= 4 is 10.0 Å². The van der Waals surface area contributed by atoms with Gasteiger partial charge in [0, 0.05) is 12.1 Å². The minimum Gasteiger partial charge on any atom is -0.326 e. The van der Waals surface area contributed by atoms with Crippen molar-refractivity contribution in [1.82, 2.24) is 4.72 Å². The number of hydrogen-bond donors (Lipinski definition) is 2. The Morgan fingerprint density at radius 3 is 2.58 bits per heavy atom. The van der Waals surface area contributed by atoms with Crippen LogP contribution in [0.15, 0.2) is 23.1 Å². The van der Waals surface area contributed by atoms with E-state index in [-0.39, 0.29) is 11.4 Å². The Bertz CT molecular complexity index is 566. The third kappa shape index (κ3) is 3.13. The number of sulfonamides is 1. The van der Waals surface area contributed by atoms with Crippen LogP contribution in [-0.2, 0) is 16.6 Å². The Hall–Kier alpha value is -0.980. The van der Waals surface area contributed by atoms with Gasteiger partial charge in [-0.3, -0.25) is 0 Å². The van der Waals surface area contributed by atoms with Crippen molar-refractivity contribution in [1.29, 1.82) is 0 Å². The highest BCUT2D eigenvalue weighted by atomic mass is 32.2. The SMILES string of the molecule is CC1(NS(=O)(=O)c2cc(CN)ccc2F)CCCC1. The highest BCUT2D eigenvalue weighted by Gasteiger charge is 2.34. The first-order chi connectivity index (χ1) is 8.86. The zero-order chi connectivity index (χ0) is 14.1. The number of rotatable bonds is 4. The molecule has 0 amide bonds. The fraction of sp³-hybridized carbons (Fsp3) is 0.538. The Balaban J connectivity index is 2.33. The van der Waals surface area contributed by atoms with Crippen LogP contribution in [0.5, 0.6) is 0 Å². The molecule has 3 N–H and O–H groups in total. The van der Waals surface area contributed by atoms with Gasteiger partial charge in [0.25, 0.3) is 0 Å². The highest BCUT2D eigenvalue weighted by Crippen LogP contribution is 2.31. The van der Waals surface area contributed by atoms with Crippen molar-refractivity contribution in [2.45, 2.75) is 49.6 Å².